The molecule has 1 unspecified atom stereocenters. The van der Waals surface area contributed by atoms with Gasteiger partial charge in [0, 0.05) is 16.6 Å². The number of nitrogens with zero attached hydrogens (tertiary/aromatic N) is 1. The Morgan fingerprint density at radius 1 is 1.23 bits per heavy atom. The first kappa shape index (κ1) is 20.6. The number of hydrogen-bond acceptors (Lipinski definition) is 5. The molecule has 4 rings (SSSR count). The number of ether oxygens (including phenoxy) is 2. The van der Waals surface area contributed by atoms with Gasteiger partial charge in [0.05, 0.1) is 12.1 Å². The molecule has 0 aliphatic carbocycles. The molecule has 2 aromatic rings. The third-order valence-corrected chi connectivity index (χ3v) is 5.81. The molecule has 7 heteroatoms. The van der Waals surface area contributed by atoms with Gasteiger partial charge in [-0.2, -0.15) is 0 Å². The van der Waals surface area contributed by atoms with Gasteiger partial charge in [-0.05, 0) is 48.4 Å². The Morgan fingerprint density at radius 2 is 2.03 bits per heavy atom. The quantitative estimate of drug-likeness (QED) is 0.612. The van der Waals surface area contributed by atoms with Gasteiger partial charge < -0.3 is 19.5 Å². The number of carbonyl (C=O) groups is 2. The van der Waals surface area contributed by atoms with E-state index < -0.39 is 11.5 Å². The number of aliphatic hydroxyl groups is 1. The predicted octanol–water partition coefficient (Wildman–Crippen LogP) is 4.18. The van der Waals surface area contributed by atoms with E-state index in [1.54, 1.807) is 35.2 Å². The van der Waals surface area contributed by atoms with Crippen molar-refractivity contribution in [3.8, 4) is 11.5 Å². The third kappa shape index (κ3) is 3.75. The van der Waals surface area contributed by atoms with Crippen molar-refractivity contribution in [2.24, 2.45) is 0 Å². The first-order valence-corrected chi connectivity index (χ1v) is 10.7. The molecule has 0 saturated heterocycles. The Labute approximate surface area is 183 Å². The fourth-order valence-corrected chi connectivity index (χ4v) is 4.11. The monoisotopic (exact) mass is 471 g/mol. The molecule has 0 radical (unpaired) electrons. The summed E-state index contributed by atoms with van der Waals surface area (Å²) in [5, 5.41) is 11.3. The maximum absolute atomic E-state index is 13.1. The van der Waals surface area contributed by atoms with Crippen molar-refractivity contribution in [1.82, 2.24) is 0 Å². The number of ketones is 1. The minimum absolute atomic E-state index is 0.181. The number of halogens is 1. The summed E-state index contributed by atoms with van der Waals surface area (Å²) in [4.78, 5) is 27.4. The maximum Gasteiger partial charge on any atom is 0.264 e. The summed E-state index contributed by atoms with van der Waals surface area (Å²) in [6.45, 7) is 2.73. The van der Waals surface area contributed by atoms with E-state index in [1.165, 1.54) is 6.08 Å². The third-order valence-electron chi connectivity index (χ3n) is 5.32. The zero-order valence-corrected chi connectivity index (χ0v) is 18.1. The molecule has 1 atom stereocenters. The Morgan fingerprint density at radius 3 is 2.83 bits per heavy atom. The number of unbranched alkanes of at least 4 members (excludes halogenated alkanes) is 1. The lowest BCUT2D eigenvalue weighted by Crippen LogP contribution is -2.42. The molecular formula is C23H22BrNO5. The Balaban J connectivity index is 1.56. The number of carbonyl (C=O) groups excluding carboxylic acids is 2. The first-order valence-electron chi connectivity index (χ1n) is 9.87. The van der Waals surface area contributed by atoms with Crippen LogP contribution >= 0.6 is 15.9 Å². The standard InChI is InChI=1S/C23H22BrNO5/c1-2-3-10-25-19-8-6-16(24)12-18(19)23(28,22(25)27)13-17(26)7-4-15-5-9-20-21(11-15)30-14-29-20/h4-9,11-12,28H,2-3,10,13-14H2,1H3/b7-4+. The summed E-state index contributed by atoms with van der Waals surface area (Å²) in [5.41, 5.74) is 0.0166. The topological polar surface area (TPSA) is 76.1 Å². The number of benzene rings is 2. The van der Waals surface area contributed by atoms with Crippen LogP contribution in [0.5, 0.6) is 11.5 Å². The van der Waals surface area contributed by atoms with Crippen LogP contribution in [0.2, 0.25) is 0 Å². The lowest BCUT2D eigenvalue weighted by Gasteiger charge is -2.22. The van der Waals surface area contributed by atoms with E-state index in [1.807, 2.05) is 19.1 Å². The van der Waals surface area contributed by atoms with Gasteiger partial charge in [-0.25, -0.2) is 0 Å². The molecule has 2 aromatic carbocycles. The van der Waals surface area contributed by atoms with Crippen LogP contribution in [0.1, 0.15) is 37.3 Å². The molecule has 0 bridgehead atoms. The highest BCUT2D eigenvalue weighted by Gasteiger charge is 2.50. The van der Waals surface area contributed by atoms with Gasteiger partial charge in [-0.3, -0.25) is 9.59 Å². The molecule has 1 N–H and O–H groups in total. The highest BCUT2D eigenvalue weighted by atomic mass is 79.9. The van der Waals surface area contributed by atoms with Crippen molar-refractivity contribution >= 4 is 39.4 Å². The Hall–Kier alpha value is -2.64. The summed E-state index contributed by atoms with van der Waals surface area (Å²) in [5.74, 6) is 0.499. The fraction of sp³-hybridized carbons (Fsp3) is 0.304. The lowest BCUT2D eigenvalue weighted by molar-refractivity contribution is -0.140. The highest BCUT2D eigenvalue weighted by molar-refractivity contribution is 9.10. The summed E-state index contributed by atoms with van der Waals surface area (Å²) >= 11 is 3.40. The van der Waals surface area contributed by atoms with Gasteiger partial charge in [0.25, 0.3) is 5.91 Å². The Kier molecular flexibility index (Phi) is 5.66. The first-order chi connectivity index (χ1) is 14.4. The van der Waals surface area contributed by atoms with Crippen molar-refractivity contribution in [3.63, 3.8) is 0 Å². The van der Waals surface area contributed by atoms with E-state index >= 15 is 0 Å². The van der Waals surface area contributed by atoms with Crippen LogP contribution in [-0.4, -0.2) is 30.1 Å². The molecule has 0 aromatic heterocycles. The minimum atomic E-state index is -1.87. The Bertz CT molecular complexity index is 1030. The summed E-state index contributed by atoms with van der Waals surface area (Å²) < 4.78 is 11.4. The molecule has 156 valence electrons. The van der Waals surface area contributed by atoms with Crippen LogP contribution in [-0.2, 0) is 15.2 Å². The van der Waals surface area contributed by atoms with Crippen molar-refractivity contribution in [1.29, 1.82) is 0 Å². The molecule has 30 heavy (non-hydrogen) atoms. The number of fused-ring (bicyclic) bond motifs is 2. The minimum Gasteiger partial charge on any atom is -0.454 e. The van der Waals surface area contributed by atoms with Crippen LogP contribution in [0.4, 0.5) is 5.69 Å². The van der Waals surface area contributed by atoms with E-state index in [2.05, 4.69) is 15.9 Å². The van der Waals surface area contributed by atoms with E-state index in [0.29, 0.717) is 29.3 Å². The van der Waals surface area contributed by atoms with Gasteiger partial charge in [-0.1, -0.05) is 41.4 Å². The fourth-order valence-electron chi connectivity index (χ4n) is 3.75. The van der Waals surface area contributed by atoms with E-state index in [-0.39, 0.29) is 19.0 Å². The SMILES string of the molecule is CCCCN1C(=O)C(O)(CC(=O)/C=C/c2ccc3c(c2)OCO3)c2cc(Br)ccc21. The van der Waals surface area contributed by atoms with E-state index in [9.17, 15) is 14.7 Å². The summed E-state index contributed by atoms with van der Waals surface area (Å²) in [6, 6.07) is 10.7. The number of anilines is 1. The van der Waals surface area contributed by atoms with Crippen LogP contribution < -0.4 is 14.4 Å². The predicted molar refractivity (Wildman–Crippen MR) is 117 cm³/mol. The molecule has 6 nitrogen and oxygen atoms in total. The molecule has 0 fully saturated rings. The van der Waals surface area contributed by atoms with Crippen molar-refractivity contribution in [3.05, 3.63) is 58.1 Å². The molecule has 2 aliphatic rings. The van der Waals surface area contributed by atoms with Crippen LogP contribution in [0, 0.1) is 0 Å². The van der Waals surface area contributed by atoms with Gasteiger partial charge in [0.2, 0.25) is 6.79 Å². The molecule has 0 spiro atoms. The average Bonchev–Trinajstić information content (AvgIpc) is 3.27. The molecule has 1 amide bonds. The molecular weight excluding hydrogens is 450 g/mol. The van der Waals surface area contributed by atoms with E-state index in [4.69, 9.17) is 9.47 Å². The number of hydrogen-bond donors (Lipinski definition) is 1. The number of allylic oxidation sites excluding steroid dienone is 1. The number of rotatable bonds is 7. The maximum atomic E-state index is 13.1. The molecule has 0 saturated carbocycles. The van der Waals surface area contributed by atoms with Crippen molar-refractivity contribution in [2.45, 2.75) is 31.8 Å². The van der Waals surface area contributed by atoms with Crippen molar-refractivity contribution in [2.75, 3.05) is 18.2 Å². The lowest BCUT2D eigenvalue weighted by atomic mass is 9.89. The smallest absolute Gasteiger partial charge is 0.264 e. The second kappa shape index (κ2) is 8.24. The van der Waals surface area contributed by atoms with E-state index in [0.717, 1.165) is 22.9 Å². The average molecular weight is 472 g/mol. The molecule has 2 heterocycles. The second-order valence-corrected chi connectivity index (χ2v) is 8.34. The van der Waals surface area contributed by atoms with Crippen LogP contribution in [0.25, 0.3) is 6.08 Å². The van der Waals surface area contributed by atoms with Crippen LogP contribution in [0.15, 0.2) is 46.9 Å². The second-order valence-electron chi connectivity index (χ2n) is 7.42. The highest BCUT2D eigenvalue weighted by Crippen LogP contribution is 2.44. The zero-order valence-electron chi connectivity index (χ0n) is 16.6. The van der Waals surface area contributed by atoms with Gasteiger partial charge in [0.1, 0.15) is 0 Å². The van der Waals surface area contributed by atoms with Gasteiger partial charge in [0.15, 0.2) is 22.9 Å². The van der Waals surface area contributed by atoms with Gasteiger partial charge in [-0.15, -0.1) is 0 Å². The largest absolute Gasteiger partial charge is 0.454 e. The van der Waals surface area contributed by atoms with Crippen LogP contribution in [0.3, 0.4) is 0 Å². The normalized spacial score (nSPS) is 19.6. The van der Waals surface area contributed by atoms with Gasteiger partial charge >= 0.3 is 0 Å². The van der Waals surface area contributed by atoms with Crippen molar-refractivity contribution < 1.29 is 24.2 Å². The number of amides is 1. The molecule has 2 aliphatic heterocycles. The summed E-state index contributed by atoms with van der Waals surface area (Å²) in [7, 11) is 0. The summed E-state index contributed by atoms with van der Waals surface area (Å²) in [6.07, 6.45) is 4.44. The zero-order chi connectivity index (χ0) is 21.3.